The molecular weight excluding hydrogens is 304 g/mol. The van der Waals surface area contributed by atoms with E-state index in [1.54, 1.807) is 18.3 Å². The zero-order valence-corrected chi connectivity index (χ0v) is 11.2. The van der Waals surface area contributed by atoms with Gasteiger partial charge in [0.25, 0.3) is 0 Å². The predicted molar refractivity (Wildman–Crippen MR) is 72.4 cm³/mol. The predicted octanol–water partition coefficient (Wildman–Crippen LogP) is 3.82. The van der Waals surface area contributed by atoms with Crippen LogP contribution in [0.1, 0.15) is 5.56 Å². The molecule has 0 amide bonds. The molecule has 0 fully saturated rings. The number of aromatic nitrogens is 1. The maximum Gasteiger partial charge on any atom is 0.134 e. The molecule has 1 heterocycles. The summed E-state index contributed by atoms with van der Waals surface area (Å²) in [5.74, 6) is 0.0953. The number of hydrogen-bond acceptors (Lipinski definition) is 3. The van der Waals surface area contributed by atoms with Crippen molar-refractivity contribution in [2.45, 2.75) is 6.54 Å². The monoisotopic (exact) mass is 312 g/mol. The maximum atomic E-state index is 9.30. The van der Waals surface area contributed by atoms with Crippen molar-refractivity contribution in [3.63, 3.8) is 0 Å². The molecule has 0 saturated carbocycles. The number of pyridine rings is 1. The van der Waals surface area contributed by atoms with Crippen LogP contribution in [0, 0.1) is 0 Å². The largest absolute Gasteiger partial charge is 0.506 e. The molecule has 17 heavy (non-hydrogen) atoms. The summed E-state index contributed by atoms with van der Waals surface area (Å²) in [4.78, 5) is 4.11. The third kappa shape index (κ3) is 3.11. The molecule has 0 bridgehead atoms. The average Bonchev–Trinajstić information content (AvgIpc) is 2.32. The summed E-state index contributed by atoms with van der Waals surface area (Å²) in [5, 5.41) is 12.9. The molecule has 88 valence electrons. The number of halogens is 2. The van der Waals surface area contributed by atoms with Crippen LogP contribution in [-0.4, -0.2) is 10.1 Å². The van der Waals surface area contributed by atoms with Crippen LogP contribution in [0.4, 0.5) is 5.69 Å². The van der Waals surface area contributed by atoms with Crippen LogP contribution in [0.5, 0.6) is 5.75 Å². The summed E-state index contributed by atoms with van der Waals surface area (Å²) >= 11 is 9.18. The summed E-state index contributed by atoms with van der Waals surface area (Å²) in [7, 11) is 0. The lowest BCUT2D eigenvalue weighted by Crippen LogP contribution is -2.00. The van der Waals surface area contributed by atoms with Gasteiger partial charge in [-0.25, -0.2) is 4.98 Å². The molecule has 2 rings (SSSR count). The molecule has 0 atom stereocenters. The standard InChI is InChI=1S/C12H10BrClN2O/c13-12-10(2-1-5-15-12)16-7-8-3-4-11(17)9(14)6-8/h1-6,16-17H,7H2. The number of anilines is 1. The van der Waals surface area contributed by atoms with Crippen molar-refractivity contribution in [3.05, 3.63) is 51.7 Å². The Bertz CT molecular complexity index is 534. The van der Waals surface area contributed by atoms with Gasteiger partial charge in [-0.2, -0.15) is 0 Å². The highest BCUT2D eigenvalue weighted by molar-refractivity contribution is 9.10. The van der Waals surface area contributed by atoms with Gasteiger partial charge in [-0.1, -0.05) is 17.7 Å². The number of hydrogen-bond donors (Lipinski definition) is 2. The highest BCUT2D eigenvalue weighted by Gasteiger charge is 2.02. The maximum absolute atomic E-state index is 9.30. The SMILES string of the molecule is Oc1ccc(CNc2cccnc2Br)cc1Cl. The van der Waals surface area contributed by atoms with E-state index in [1.807, 2.05) is 18.2 Å². The lowest BCUT2D eigenvalue weighted by Gasteiger charge is -2.08. The Morgan fingerprint density at radius 2 is 2.18 bits per heavy atom. The van der Waals surface area contributed by atoms with Crippen LogP contribution in [-0.2, 0) is 6.54 Å². The number of phenols is 1. The summed E-state index contributed by atoms with van der Waals surface area (Å²) in [6.45, 7) is 0.615. The summed E-state index contributed by atoms with van der Waals surface area (Å²) in [6, 6.07) is 8.92. The number of aromatic hydroxyl groups is 1. The summed E-state index contributed by atoms with van der Waals surface area (Å²) < 4.78 is 0.768. The normalized spacial score (nSPS) is 10.2. The first-order chi connectivity index (χ1) is 8.16. The van der Waals surface area contributed by atoms with E-state index >= 15 is 0 Å². The molecule has 1 aromatic carbocycles. The molecule has 1 aromatic heterocycles. The van der Waals surface area contributed by atoms with Gasteiger partial charge in [0, 0.05) is 12.7 Å². The Balaban J connectivity index is 2.08. The van der Waals surface area contributed by atoms with Gasteiger partial charge in [0.05, 0.1) is 10.7 Å². The summed E-state index contributed by atoms with van der Waals surface area (Å²) in [5.41, 5.74) is 1.90. The molecule has 3 nitrogen and oxygen atoms in total. The van der Waals surface area contributed by atoms with Crippen molar-refractivity contribution in [3.8, 4) is 5.75 Å². The number of rotatable bonds is 3. The third-order valence-electron chi connectivity index (χ3n) is 2.25. The number of nitrogens with zero attached hydrogens (tertiary/aromatic N) is 1. The van der Waals surface area contributed by atoms with Crippen LogP contribution in [0.15, 0.2) is 41.1 Å². The van der Waals surface area contributed by atoms with Gasteiger partial charge >= 0.3 is 0 Å². The van der Waals surface area contributed by atoms with Gasteiger partial charge in [-0.05, 0) is 45.8 Å². The zero-order valence-electron chi connectivity index (χ0n) is 8.82. The van der Waals surface area contributed by atoms with E-state index in [-0.39, 0.29) is 5.75 Å². The van der Waals surface area contributed by atoms with E-state index in [2.05, 4.69) is 26.2 Å². The van der Waals surface area contributed by atoms with E-state index < -0.39 is 0 Å². The quantitative estimate of drug-likeness (QED) is 0.847. The van der Waals surface area contributed by atoms with E-state index in [0.717, 1.165) is 15.9 Å². The van der Waals surface area contributed by atoms with Crippen molar-refractivity contribution < 1.29 is 5.11 Å². The van der Waals surface area contributed by atoms with E-state index in [4.69, 9.17) is 11.6 Å². The minimum absolute atomic E-state index is 0.0953. The molecule has 2 aromatic rings. The van der Waals surface area contributed by atoms with Gasteiger partial charge in [0.2, 0.25) is 0 Å². The molecule has 0 aliphatic rings. The Kier molecular flexibility index (Phi) is 3.86. The first-order valence-corrected chi connectivity index (χ1v) is 6.15. The molecule has 0 radical (unpaired) electrons. The van der Waals surface area contributed by atoms with Crippen molar-refractivity contribution in [1.29, 1.82) is 0 Å². The van der Waals surface area contributed by atoms with E-state index in [1.165, 1.54) is 0 Å². The Morgan fingerprint density at radius 1 is 1.35 bits per heavy atom. The fourth-order valence-corrected chi connectivity index (χ4v) is 1.97. The van der Waals surface area contributed by atoms with Crippen LogP contribution in [0.3, 0.4) is 0 Å². The highest BCUT2D eigenvalue weighted by atomic mass is 79.9. The van der Waals surface area contributed by atoms with E-state index in [0.29, 0.717) is 11.6 Å². The van der Waals surface area contributed by atoms with Crippen molar-refractivity contribution >= 4 is 33.2 Å². The minimum atomic E-state index is 0.0953. The van der Waals surface area contributed by atoms with Gasteiger partial charge < -0.3 is 10.4 Å². The third-order valence-corrected chi connectivity index (χ3v) is 3.19. The Morgan fingerprint density at radius 3 is 2.88 bits per heavy atom. The second-order valence-corrected chi connectivity index (χ2v) is 4.64. The lowest BCUT2D eigenvalue weighted by atomic mass is 10.2. The van der Waals surface area contributed by atoms with Crippen molar-refractivity contribution in [1.82, 2.24) is 4.98 Å². The zero-order chi connectivity index (χ0) is 12.3. The van der Waals surface area contributed by atoms with Crippen molar-refractivity contribution in [2.75, 3.05) is 5.32 Å². The second-order valence-electron chi connectivity index (χ2n) is 3.48. The fraction of sp³-hybridized carbons (Fsp3) is 0.0833. The topological polar surface area (TPSA) is 45.1 Å². The second kappa shape index (κ2) is 5.38. The molecule has 0 saturated heterocycles. The molecule has 0 unspecified atom stereocenters. The van der Waals surface area contributed by atoms with Crippen molar-refractivity contribution in [2.24, 2.45) is 0 Å². The van der Waals surface area contributed by atoms with Crippen LogP contribution in [0.2, 0.25) is 5.02 Å². The first-order valence-electron chi connectivity index (χ1n) is 4.98. The van der Waals surface area contributed by atoms with Gasteiger partial charge in [-0.15, -0.1) is 0 Å². The average molecular weight is 314 g/mol. The Labute approximate surface area is 113 Å². The van der Waals surface area contributed by atoms with Crippen LogP contribution < -0.4 is 5.32 Å². The highest BCUT2D eigenvalue weighted by Crippen LogP contribution is 2.25. The minimum Gasteiger partial charge on any atom is -0.506 e. The summed E-state index contributed by atoms with van der Waals surface area (Å²) in [6.07, 6.45) is 1.71. The Hall–Kier alpha value is -1.26. The number of benzene rings is 1. The van der Waals surface area contributed by atoms with Gasteiger partial charge in [0.15, 0.2) is 0 Å². The first kappa shape index (κ1) is 12.2. The van der Waals surface area contributed by atoms with Crippen LogP contribution in [0.25, 0.3) is 0 Å². The number of phenolic OH excluding ortho intramolecular Hbond substituents is 1. The van der Waals surface area contributed by atoms with Gasteiger partial charge in [-0.3, -0.25) is 0 Å². The molecule has 0 aliphatic heterocycles. The number of nitrogens with one attached hydrogen (secondary N) is 1. The molecule has 2 N–H and O–H groups in total. The molecule has 0 spiro atoms. The lowest BCUT2D eigenvalue weighted by molar-refractivity contribution is 0.475. The van der Waals surface area contributed by atoms with Crippen LogP contribution >= 0.6 is 27.5 Å². The smallest absolute Gasteiger partial charge is 0.134 e. The van der Waals surface area contributed by atoms with E-state index in [9.17, 15) is 5.11 Å². The molecule has 0 aliphatic carbocycles. The fourth-order valence-electron chi connectivity index (χ4n) is 1.38. The molecular formula is C12H10BrClN2O. The molecule has 5 heteroatoms. The van der Waals surface area contributed by atoms with Gasteiger partial charge in [0.1, 0.15) is 10.4 Å².